The van der Waals surface area contributed by atoms with E-state index in [4.69, 9.17) is 9.47 Å². The third kappa shape index (κ3) is 6.36. The van der Waals surface area contributed by atoms with Gasteiger partial charge in [0.25, 0.3) is 0 Å². The molecule has 0 aromatic heterocycles. The summed E-state index contributed by atoms with van der Waals surface area (Å²) in [5, 5.41) is 9.51. The third-order valence-electron chi connectivity index (χ3n) is 3.51. The van der Waals surface area contributed by atoms with Gasteiger partial charge in [0.1, 0.15) is 0 Å². The number of piperidine rings is 1. The number of nitrogens with zero attached hydrogens (tertiary/aromatic N) is 1. The summed E-state index contributed by atoms with van der Waals surface area (Å²) in [6.45, 7) is 7.45. The van der Waals surface area contributed by atoms with Gasteiger partial charge < -0.3 is 19.5 Å². The number of likely N-dealkylation sites (tertiary alicyclic amines) is 1. The van der Waals surface area contributed by atoms with Gasteiger partial charge in [-0.2, -0.15) is 0 Å². The molecular formula is C13H27NO3. The van der Waals surface area contributed by atoms with Crippen molar-refractivity contribution in [1.29, 1.82) is 0 Å². The molecule has 4 nitrogen and oxygen atoms in total. The summed E-state index contributed by atoms with van der Waals surface area (Å²) in [6.07, 6.45) is 3.20. The van der Waals surface area contributed by atoms with Crippen LogP contribution in [0.4, 0.5) is 0 Å². The summed E-state index contributed by atoms with van der Waals surface area (Å²) in [5.74, 6) is 0.504. The van der Waals surface area contributed by atoms with Gasteiger partial charge in [-0.05, 0) is 45.2 Å². The predicted octanol–water partition coefficient (Wildman–Crippen LogP) is 1.13. The maximum atomic E-state index is 9.51. The Kier molecular flexibility index (Phi) is 7.77. The van der Waals surface area contributed by atoms with Crippen LogP contribution in [-0.4, -0.2) is 62.7 Å². The van der Waals surface area contributed by atoms with Crippen LogP contribution in [0.3, 0.4) is 0 Å². The van der Waals surface area contributed by atoms with Gasteiger partial charge in [-0.15, -0.1) is 0 Å². The van der Waals surface area contributed by atoms with Crippen LogP contribution >= 0.6 is 0 Å². The zero-order valence-electron chi connectivity index (χ0n) is 11.2. The Morgan fingerprint density at radius 1 is 1.24 bits per heavy atom. The third-order valence-corrected chi connectivity index (χ3v) is 3.51. The topological polar surface area (TPSA) is 41.9 Å². The van der Waals surface area contributed by atoms with Crippen molar-refractivity contribution in [3.63, 3.8) is 0 Å². The van der Waals surface area contributed by atoms with Gasteiger partial charge in [-0.25, -0.2) is 0 Å². The Labute approximate surface area is 105 Å². The molecule has 0 amide bonds. The Morgan fingerprint density at radius 2 is 1.94 bits per heavy atom. The van der Waals surface area contributed by atoms with Gasteiger partial charge in [0.05, 0.1) is 19.3 Å². The lowest BCUT2D eigenvalue weighted by Gasteiger charge is -2.33. The summed E-state index contributed by atoms with van der Waals surface area (Å²) in [5.41, 5.74) is 0. The van der Waals surface area contributed by atoms with E-state index < -0.39 is 0 Å². The lowest BCUT2D eigenvalue weighted by atomic mass is 9.92. The van der Waals surface area contributed by atoms with Crippen LogP contribution in [0.5, 0.6) is 0 Å². The van der Waals surface area contributed by atoms with E-state index in [0.717, 1.165) is 45.5 Å². The molecule has 102 valence electrons. The molecule has 0 bridgehead atoms. The fourth-order valence-corrected chi connectivity index (χ4v) is 2.29. The molecule has 17 heavy (non-hydrogen) atoms. The molecule has 1 rings (SSSR count). The van der Waals surface area contributed by atoms with Crippen molar-refractivity contribution in [2.75, 3.05) is 46.6 Å². The highest BCUT2D eigenvalue weighted by atomic mass is 16.5. The molecule has 0 radical (unpaired) electrons. The fraction of sp³-hybridized carbons (Fsp3) is 1.00. The van der Waals surface area contributed by atoms with E-state index >= 15 is 0 Å². The van der Waals surface area contributed by atoms with Gasteiger partial charge in [-0.3, -0.25) is 0 Å². The second-order valence-electron chi connectivity index (χ2n) is 4.88. The summed E-state index contributed by atoms with van der Waals surface area (Å²) in [4.78, 5) is 2.47. The normalized spacial score (nSPS) is 20.6. The quantitative estimate of drug-likeness (QED) is 0.651. The van der Waals surface area contributed by atoms with E-state index in [1.807, 2.05) is 6.92 Å². The van der Waals surface area contributed by atoms with Gasteiger partial charge in [0, 0.05) is 20.3 Å². The van der Waals surface area contributed by atoms with Crippen LogP contribution in [0.2, 0.25) is 0 Å². The molecule has 0 aliphatic carbocycles. The summed E-state index contributed by atoms with van der Waals surface area (Å²) >= 11 is 0. The SMILES string of the molecule is COCCOCCCN1CCC(C(C)O)CC1. The minimum atomic E-state index is -0.144. The van der Waals surface area contributed by atoms with E-state index in [9.17, 15) is 5.11 Å². The van der Waals surface area contributed by atoms with E-state index in [1.165, 1.54) is 0 Å². The number of ether oxygens (including phenoxy) is 2. The van der Waals surface area contributed by atoms with E-state index in [1.54, 1.807) is 7.11 Å². The van der Waals surface area contributed by atoms with Crippen molar-refractivity contribution in [3.05, 3.63) is 0 Å². The molecule has 1 unspecified atom stereocenters. The first-order valence-electron chi connectivity index (χ1n) is 6.71. The van der Waals surface area contributed by atoms with Gasteiger partial charge >= 0.3 is 0 Å². The fourth-order valence-electron chi connectivity index (χ4n) is 2.29. The van der Waals surface area contributed by atoms with E-state index in [-0.39, 0.29) is 6.10 Å². The molecule has 1 atom stereocenters. The molecule has 1 fully saturated rings. The van der Waals surface area contributed by atoms with Crippen molar-refractivity contribution < 1.29 is 14.6 Å². The van der Waals surface area contributed by atoms with Crippen molar-refractivity contribution >= 4 is 0 Å². The maximum Gasteiger partial charge on any atom is 0.0700 e. The molecule has 4 heteroatoms. The summed E-state index contributed by atoms with van der Waals surface area (Å²) < 4.78 is 10.3. The standard InChI is InChI=1S/C13H27NO3/c1-12(15)13-4-7-14(8-5-13)6-3-9-17-11-10-16-2/h12-13,15H,3-11H2,1-2H3. The molecule has 1 aliphatic heterocycles. The van der Waals surface area contributed by atoms with Crippen molar-refractivity contribution in [3.8, 4) is 0 Å². The first kappa shape index (κ1) is 14.9. The average Bonchev–Trinajstić information content (AvgIpc) is 2.34. The molecule has 1 aliphatic rings. The van der Waals surface area contributed by atoms with Crippen LogP contribution in [0, 0.1) is 5.92 Å². The molecule has 1 heterocycles. The number of hydrogen-bond acceptors (Lipinski definition) is 4. The Morgan fingerprint density at radius 3 is 2.53 bits per heavy atom. The zero-order valence-corrected chi connectivity index (χ0v) is 11.2. The highest BCUT2D eigenvalue weighted by molar-refractivity contribution is 4.75. The van der Waals surface area contributed by atoms with Gasteiger partial charge in [0.15, 0.2) is 0 Å². The largest absolute Gasteiger partial charge is 0.393 e. The van der Waals surface area contributed by atoms with Crippen LogP contribution < -0.4 is 0 Å². The number of aliphatic hydroxyl groups excluding tert-OH is 1. The van der Waals surface area contributed by atoms with Crippen LogP contribution in [-0.2, 0) is 9.47 Å². The highest BCUT2D eigenvalue weighted by Gasteiger charge is 2.21. The summed E-state index contributed by atoms with van der Waals surface area (Å²) in [6, 6.07) is 0. The van der Waals surface area contributed by atoms with Crippen LogP contribution in [0.15, 0.2) is 0 Å². The first-order chi connectivity index (χ1) is 8.24. The Balaban J connectivity index is 1.95. The Hall–Kier alpha value is -0.160. The molecular weight excluding hydrogens is 218 g/mol. The average molecular weight is 245 g/mol. The van der Waals surface area contributed by atoms with Gasteiger partial charge in [0.2, 0.25) is 0 Å². The monoisotopic (exact) mass is 245 g/mol. The molecule has 1 saturated heterocycles. The molecule has 1 N–H and O–H groups in total. The van der Waals surface area contributed by atoms with E-state index in [0.29, 0.717) is 19.1 Å². The molecule has 0 aromatic rings. The highest BCUT2D eigenvalue weighted by Crippen LogP contribution is 2.20. The van der Waals surface area contributed by atoms with E-state index in [2.05, 4.69) is 4.90 Å². The second-order valence-corrected chi connectivity index (χ2v) is 4.88. The molecule has 0 saturated carbocycles. The number of aliphatic hydroxyl groups is 1. The number of rotatable bonds is 8. The lowest BCUT2D eigenvalue weighted by Crippen LogP contribution is -2.37. The molecule has 0 spiro atoms. The smallest absolute Gasteiger partial charge is 0.0700 e. The minimum absolute atomic E-state index is 0.144. The summed E-state index contributed by atoms with van der Waals surface area (Å²) in [7, 11) is 1.69. The van der Waals surface area contributed by atoms with Crippen molar-refractivity contribution in [2.45, 2.75) is 32.3 Å². The minimum Gasteiger partial charge on any atom is -0.393 e. The maximum absolute atomic E-state index is 9.51. The molecule has 0 aromatic carbocycles. The predicted molar refractivity (Wildman–Crippen MR) is 68.2 cm³/mol. The number of hydrogen-bond donors (Lipinski definition) is 1. The van der Waals surface area contributed by atoms with Crippen LogP contribution in [0.1, 0.15) is 26.2 Å². The lowest BCUT2D eigenvalue weighted by molar-refractivity contribution is 0.0530. The van der Waals surface area contributed by atoms with Crippen molar-refractivity contribution in [2.24, 2.45) is 5.92 Å². The van der Waals surface area contributed by atoms with Crippen molar-refractivity contribution in [1.82, 2.24) is 4.90 Å². The zero-order chi connectivity index (χ0) is 12.5. The Bertz CT molecular complexity index is 180. The first-order valence-corrected chi connectivity index (χ1v) is 6.71. The number of methoxy groups -OCH3 is 1. The van der Waals surface area contributed by atoms with Crippen LogP contribution in [0.25, 0.3) is 0 Å². The second kappa shape index (κ2) is 8.86. The van der Waals surface area contributed by atoms with Gasteiger partial charge in [-0.1, -0.05) is 0 Å².